The van der Waals surface area contributed by atoms with Gasteiger partial charge in [-0.25, -0.2) is 0 Å². The number of nitrogens with zero attached hydrogens (tertiary/aromatic N) is 2. The van der Waals surface area contributed by atoms with E-state index in [9.17, 15) is 19.7 Å². The second-order valence-corrected chi connectivity index (χ2v) is 6.09. The van der Waals surface area contributed by atoms with Crippen LogP contribution in [0.1, 0.15) is 28.4 Å². The van der Waals surface area contributed by atoms with Gasteiger partial charge in [-0.3, -0.25) is 24.6 Å². The highest BCUT2D eigenvalue weighted by Crippen LogP contribution is 2.33. The fourth-order valence-corrected chi connectivity index (χ4v) is 2.96. The number of carbonyl (C=O) groups is 2. The second kappa shape index (κ2) is 6.44. The number of fused-ring (bicyclic) bond motifs is 1. The van der Waals surface area contributed by atoms with Gasteiger partial charge in [-0.05, 0) is 26.0 Å². The monoisotopic (exact) mass is 351 g/mol. The van der Waals surface area contributed by atoms with E-state index in [-0.39, 0.29) is 11.6 Å². The van der Waals surface area contributed by atoms with Crippen LogP contribution in [0.15, 0.2) is 49.0 Å². The average Bonchev–Trinajstić information content (AvgIpc) is 2.87. The molecule has 0 fully saturated rings. The molecule has 1 aliphatic heterocycles. The Kier molecular flexibility index (Phi) is 4.29. The summed E-state index contributed by atoms with van der Waals surface area (Å²) in [5.41, 5.74) is 2.38. The molecule has 3 rings (SSSR count). The van der Waals surface area contributed by atoms with Gasteiger partial charge in [0.1, 0.15) is 6.04 Å². The molecule has 2 amide bonds. The van der Waals surface area contributed by atoms with E-state index in [0.717, 1.165) is 0 Å². The summed E-state index contributed by atoms with van der Waals surface area (Å²) in [6.07, 6.45) is 0. The highest BCUT2D eigenvalue weighted by atomic mass is 16.6. The van der Waals surface area contributed by atoms with Gasteiger partial charge < -0.3 is 5.32 Å². The van der Waals surface area contributed by atoms with E-state index < -0.39 is 16.9 Å². The minimum atomic E-state index is -0.817. The standard InChI is InChI=1S/C19H17N3O4/c1-11-8-9-14(10-17(11)22(25)26)20-18(23)13(3)21-12(2)15-6-4-5-7-16(15)19(21)24/h4-10,13H,2H2,1,3H3,(H,20,23). The van der Waals surface area contributed by atoms with Crippen LogP contribution in [0.25, 0.3) is 5.70 Å². The lowest BCUT2D eigenvalue weighted by Gasteiger charge is -2.24. The van der Waals surface area contributed by atoms with Crippen molar-refractivity contribution in [3.05, 3.63) is 75.8 Å². The SMILES string of the molecule is C=C1c2ccccc2C(=O)N1C(C)C(=O)Nc1ccc(C)c([N+](=O)[O-])c1. The van der Waals surface area contributed by atoms with Gasteiger partial charge in [0.05, 0.1) is 4.92 Å². The number of aryl methyl sites for hydroxylation is 1. The summed E-state index contributed by atoms with van der Waals surface area (Å²) in [5.74, 6) is -0.742. The van der Waals surface area contributed by atoms with Crippen molar-refractivity contribution in [1.29, 1.82) is 0 Å². The first-order valence-corrected chi connectivity index (χ1v) is 7.99. The molecule has 1 N–H and O–H groups in total. The highest BCUT2D eigenvalue weighted by Gasteiger charge is 2.36. The zero-order valence-electron chi connectivity index (χ0n) is 14.4. The second-order valence-electron chi connectivity index (χ2n) is 6.09. The van der Waals surface area contributed by atoms with Crippen LogP contribution in [0.2, 0.25) is 0 Å². The minimum absolute atomic E-state index is 0.0792. The quantitative estimate of drug-likeness (QED) is 0.675. The van der Waals surface area contributed by atoms with E-state index in [0.29, 0.717) is 28.1 Å². The van der Waals surface area contributed by atoms with Crippen molar-refractivity contribution in [3.8, 4) is 0 Å². The molecule has 0 aliphatic carbocycles. The zero-order chi connectivity index (χ0) is 19.0. The lowest BCUT2D eigenvalue weighted by Crippen LogP contribution is -2.41. The number of nitro groups is 1. The fourth-order valence-electron chi connectivity index (χ4n) is 2.96. The molecule has 0 bridgehead atoms. The number of hydrogen-bond acceptors (Lipinski definition) is 4. The molecule has 0 saturated carbocycles. The van der Waals surface area contributed by atoms with Crippen LogP contribution >= 0.6 is 0 Å². The molecule has 1 heterocycles. The van der Waals surface area contributed by atoms with Gasteiger partial charge in [-0.1, -0.05) is 30.8 Å². The third-order valence-electron chi connectivity index (χ3n) is 4.42. The van der Waals surface area contributed by atoms with Gasteiger partial charge in [0.2, 0.25) is 5.91 Å². The molecule has 1 unspecified atom stereocenters. The Labute approximate surface area is 150 Å². The van der Waals surface area contributed by atoms with Crippen LogP contribution < -0.4 is 5.32 Å². The van der Waals surface area contributed by atoms with Gasteiger partial charge in [0.15, 0.2) is 0 Å². The van der Waals surface area contributed by atoms with Gasteiger partial charge in [0, 0.05) is 34.1 Å². The number of carbonyl (C=O) groups excluding carboxylic acids is 2. The Balaban J connectivity index is 1.81. The topological polar surface area (TPSA) is 92.6 Å². The number of rotatable bonds is 4. The normalized spacial score (nSPS) is 14.2. The molecular formula is C19H17N3O4. The Bertz CT molecular complexity index is 917. The van der Waals surface area contributed by atoms with Crippen molar-refractivity contribution in [3.63, 3.8) is 0 Å². The molecular weight excluding hydrogens is 334 g/mol. The summed E-state index contributed by atoms with van der Waals surface area (Å²) in [6.45, 7) is 7.13. The summed E-state index contributed by atoms with van der Waals surface area (Å²) in [7, 11) is 0. The first-order chi connectivity index (χ1) is 12.3. The molecule has 2 aromatic rings. The molecule has 0 aromatic heterocycles. The minimum Gasteiger partial charge on any atom is -0.324 e. The highest BCUT2D eigenvalue weighted by molar-refractivity contribution is 6.11. The molecule has 132 valence electrons. The van der Waals surface area contributed by atoms with E-state index in [2.05, 4.69) is 11.9 Å². The lowest BCUT2D eigenvalue weighted by molar-refractivity contribution is -0.385. The van der Waals surface area contributed by atoms with Crippen LogP contribution in [-0.4, -0.2) is 27.7 Å². The Hall–Kier alpha value is -3.48. The predicted octanol–water partition coefficient (Wildman–Crippen LogP) is 3.36. The van der Waals surface area contributed by atoms with Crippen molar-refractivity contribution in [2.75, 3.05) is 5.32 Å². The number of nitro benzene ring substituents is 1. The maximum atomic E-state index is 12.6. The van der Waals surface area contributed by atoms with Crippen LogP contribution in [0, 0.1) is 17.0 Å². The summed E-state index contributed by atoms with van der Waals surface area (Å²) >= 11 is 0. The van der Waals surface area contributed by atoms with Crippen molar-refractivity contribution in [1.82, 2.24) is 4.90 Å². The Morgan fingerprint density at radius 1 is 1.23 bits per heavy atom. The molecule has 0 spiro atoms. The molecule has 7 heteroatoms. The molecule has 1 atom stereocenters. The summed E-state index contributed by atoms with van der Waals surface area (Å²) in [5, 5.41) is 13.7. The fraction of sp³-hybridized carbons (Fsp3) is 0.158. The van der Waals surface area contributed by atoms with Crippen LogP contribution in [0.3, 0.4) is 0 Å². The summed E-state index contributed by atoms with van der Waals surface area (Å²) in [6, 6.07) is 10.7. The maximum Gasteiger partial charge on any atom is 0.274 e. The molecule has 0 radical (unpaired) electrons. The lowest BCUT2D eigenvalue weighted by atomic mass is 10.1. The smallest absolute Gasteiger partial charge is 0.274 e. The van der Waals surface area contributed by atoms with Crippen molar-refractivity contribution < 1.29 is 14.5 Å². The van der Waals surface area contributed by atoms with Crippen molar-refractivity contribution in [2.45, 2.75) is 19.9 Å². The van der Waals surface area contributed by atoms with E-state index in [4.69, 9.17) is 0 Å². The van der Waals surface area contributed by atoms with Crippen molar-refractivity contribution >= 4 is 28.9 Å². The molecule has 2 aromatic carbocycles. The number of nitrogens with one attached hydrogen (secondary N) is 1. The summed E-state index contributed by atoms with van der Waals surface area (Å²) in [4.78, 5) is 37.1. The number of benzene rings is 2. The third kappa shape index (κ3) is 2.83. The number of amides is 2. The van der Waals surface area contributed by atoms with Gasteiger partial charge in [-0.2, -0.15) is 0 Å². The van der Waals surface area contributed by atoms with E-state index in [1.807, 2.05) is 0 Å². The van der Waals surface area contributed by atoms with Gasteiger partial charge in [0.25, 0.3) is 11.6 Å². The maximum absolute atomic E-state index is 12.6. The molecule has 26 heavy (non-hydrogen) atoms. The van der Waals surface area contributed by atoms with Gasteiger partial charge >= 0.3 is 0 Å². The van der Waals surface area contributed by atoms with E-state index >= 15 is 0 Å². The predicted molar refractivity (Wildman–Crippen MR) is 97.6 cm³/mol. The zero-order valence-corrected chi connectivity index (χ0v) is 14.4. The van der Waals surface area contributed by atoms with E-state index in [1.54, 1.807) is 50.2 Å². The first-order valence-electron chi connectivity index (χ1n) is 7.99. The Morgan fingerprint density at radius 2 is 1.88 bits per heavy atom. The number of anilines is 1. The van der Waals surface area contributed by atoms with Crippen LogP contribution in [0.5, 0.6) is 0 Å². The summed E-state index contributed by atoms with van der Waals surface area (Å²) < 4.78 is 0. The molecule has 0 saturated heterocycles. The van der Waals surface area contributed by atoms with Crippen LogP contribution in [0.4, 0.5) is 11.4 Å². The van der Waals surface area contributed by atoms with Gasteiger partial charge in [-0.15, -0.1) is 0 Å². The average molecular weight is 351 g/mol. The Morgan fingerprint density at radius 3 is 2.50 bits per heavy atom. The largest absolute Gasteiger partial charge is 0.324 e. The van der Waals surface area contributed by atoms with Crippen LogP contribution in [-0.2, 0) is 4.79 Å². The third-order valence-corrected chi connectivity index (χ3v) is 4.42. The molecule has 1 aliphatic rings. The van der Waals surface area contributed by atoms with Crippen molar-refractivity contribution in [2.24, 2.45) is 0 Å². The first kappa shape index (κ1) is 17.3. The number of hydrogen-bond donors (Lipinski definition) is 1. The van der Waals surface area contributed by atoms with E-state index in [1.165, 1.54) is 11.0 Å². The molecule has 7 nitrogen and oxygen atoms in total.